The maximum atomic E-state index is 6.43. The molecular weight excluding hydrogens is 520 g/mol. The van der Waals surface area contributed by atoms with E-state index in [-0.39, 0.29) is 0 Å². The SMILES string of the molecule is c1cc2c3c(cccc3c1)-c1cc(-c3cccc4cccc(-c5ccc6ccc7cccc8ccc5c6c78)c34)ccc1O2. The third kappa shape index (κ3) is 3.17. The Morgan fingerprint density at radius 3 is 1.63 bits per heavy atom. The van der Waals surface area contributed by atoms with Crippen LogP contribution in [0.2, 0.25) is 0 Å². The fraction of sp³-hybridized carbons (Fsp3) is 0. The smallest absolute Gasteiger partial charge is 0.135 e. The normalized spacial score (nSPS) is 12.4. The minimum atomic E-state index is 0.905. The van der Waals surface area contributed by atoms with E-state index < -0.39 is 0 Å². The third-order valence-corrected chi connectivity index (χ3v) is 9.39. The molecule has 9 aromatic carbocycles. The van der Waals surface area contributed by atoms with Crippen LogP contribution >= 0.6 is 0 Å². The first-order valence-corrected chi connectivity index (χ1v) is 14.8. The van der Waals surface area contributed by atoms with E-state index in [0.29, 0.717) is 0 Å². The van der Waals surface area contributed by atoms with Gasteiger partial charge in [-0.15, -0.1) is 0 Å². The van der Waals surface area contributed by atoms with Crippen molar-refractivity contribution < 1.29 is 4.74 Å². The number of rotatable bonds is 2. The predicted molar refractivity (Wildman–Crippen MR) is 182 cm³/mol. The summed E-state index contributed by atoms with van der Waals surface area (Å²) in [5, 5.41) is 12.8. The Balaban J connectivity index is 1.24. The lowest BCUT2D eigenvalue weighted by Crippen LogP contribution is -1.97. The van der Waals surface area contributed by atoms with Gasteiger partial charge < -0.3 is 4.74 Å². The fourth-order valence-electron chi connectivity index (χ4n) is 7.51. The van der Waals surface area contributed by atoms with Crippen molar-refractivity contribution in [1.29, 1.82) is 0 Å². The molecule has 1 heteroatoms. The molecule has 0 N–H and O–H groups in total. The molecule has 0 saturated heterocycles. The van der Waals surface area contributed by atoms with E-state index in [4.69, 9.17) is 4.74 Å². The van der Waals surface area contributed by atoms with Crippen molar-refractivity contribution >= 4 is 53.9 Å². The highest BCUT2D eigenvalue weighted by Gasteiger charge is 2.21. The fourth-order valence-corrected chi connectivity index (χ4v) is 7.51. The van der Waals surface area contributed by atoms with Crippen LogP contribution in [0.3, 0.4) is 0 Å². The van der Waals surface area contributed by atoms with E-state index in [2.05, 4.69) is 146 Å². The van der Waals surface area contributed by atoms with Crippen LogP contribution in [-0.4, -0.2) is 0 Å². The van der Waals surface area contributed by atoms with E-state index in [0.717, 1.165) is 17.1 Å². The van der Waals surface area contributed by atoms with Crippen molar-refractivity contribution in [2.75, 3.05) is 0 Å². The molecule has 0 aromatic heterocycles. The molecule has 0 radical (unpaired) electrons. The third-order valence-electron chi connectivity index (χ3n) is 9.39. The molecule has 10 rings (SSSR count). The molecule has 0 spiro atoms. The Morgan fingerprint density at radius 2 is 0.860 bits per heavy atom. The topological polar surface area (TPSA) is 9.23 Å². The van der Waals surface area contributed by atoms with E-state index in [1.807, 2.05) is 0 Å². The lowest BCUT2D eigenvalue weighted by Gasteiger charge is -2.22. The van der Waals surface area contributed by atoms with Crippen LogP contribution in [0, 0.1) is 0 Å². The van der Waals surface area contributed by atoms with E-state index >= 15 is 0 Å². The first-order chi connectivity index (χ1) is 21.3. The molecule has 198 valence electrons. The van der Waals surface area contributed by atoms with Crippen LogP contribution in [0.15, 0.2) is 146 Å². The highest BCUT2D eigenvalue weighted by atomic mass is 16.5. The summed E-state index contributed by atoms with van der Waals surface area (Å²) in [6.45, 7) is 0. The molecule has 0 fully saturated rings. The highest BCUT2D eigenvalue weighted by molar-refractivity contribution is 6.26. The lowest BCUT2D eigenvalue weighted by molar-refractivity contribution is 0.487. The first kappa shape index (κ1) is 23.0. The molecule has 1 nitrogen and oxygen atoms in total. The molecule has 0 atom stereocenters. The van der Waals surface area contributed by atoms with Crippen LogP contribution in [0.1, 0.15) is 0 Å². The van der Waals surface area contributed by atoms with E-state index in [1.165, 1.54) is 81.7 Å². The standard InChI is InChI=1S/C42H24O/c1-6-27-16-17-29-18-21-32(35-22-19-28(7-1)39(27)42(29)35)33-13-3-9-25-8-2-12-31(40(25)33)30-20-23-37-36(24-30)34-14-4-10-26-11-5-15-38(43-37)41(26)34/h1-24H. The van der Waals surface area contributed by atoms with E-state index in [9.17, 15) is 0 Å². The van der Waals surface area contributed by atoms with Gasteiger partial charge in [-0.25, -0.2) is 0 Å². The largest absolute Gasteiger partial charge is 0.456 e. The molecule has 43 heavy (non-hydrogen) atoms. The van der Waals surface area contributed by atoms with Gasteiger partial charge in [-0.05, 0) is 94.5 Å². The van der Waals surface area contributed by atoms with Crippen molar-refractivity contribution in [3.05, 3.63) is 146 Å². The van der Waals surface area contributed by atoms with Gasteiger partial charge in [-0.2, -0.15) is 0 Å². The molecule has 1 aliphatic heterocycles. The molecular formula is C42H24O. The molecule has 0 amide bonds. The van der Waals surface area contributed by atoms with Gasteiger partial charge in [-0.3, -0.25) is 0 Å². The van der Waals surface area contributed by atoms with Gasteiger partial charge in [0.1, 0.15) is 11.5 Å². The second kappa shape index (κ2) is 8.44. The van der Waals surface area contributed by atoms with Gasteiger partial charge in [0.2, 0.25) is 0 Å². The Morgan fingerprint density at radius 1 is 0.302 bits per heavy atom. The van der Waals surface area contributed by atoms with Crippen LogP contribution in [0.4, 0.5) is 0 Å². The number of fused-ring (bicyclic) bond motifs is 3. The van der Waals surface area contributed by atoms with Crippen LogP contribution in [0.25, 0.3) is 87.2 Å². The molecule has 1 heterocycles. The first-order valence-electron chi connectivity index (χ1n) is 14.8. The zero-order chi connectivity index (χ0) is 28.1. The minimum Gasteiger partial charge on any atom is -0.456 e. The summed E-state index contributed by atoms with van der Waals surface area (Å²) in [7, 11) is 0. The Labute approximate surface area is 248 Å². The van der Waals surface area contributed by atoms with Crippen molar-refractivity contribution in [2.45, 2.75) is 0 Å². The second-order valence-corrected chi connectivity index (χ2v) is 11.7. The van der Waals surface area contributed by atoms with Gasteiger partial charge >= 0.3 is 0 Å². The van der Waals surface area contributed by atoms with Gasteiger partial charge in [0.05, 0.1) is 0 Å². The number of hydrogen-bond acceptors (Lipinski definition) is 1. The summed E-state index contributed by atoms with van der Waals surface area (Å²) in [5.74, 6) is 1.83. The summed E-state index contributed by atoms with van der Waals surface area (Å²) in [4.78, 5) is 0. The monoisotopic (exact) mass is 544 g/mol. The minimum absolute atomic E-state index is 0.905. The summed E-state index contributed by atoms with van der Waals surface area (Å²) < 4.78 is 6.43. The second-order valence-electron chi connectivity index (χ2n) is 11.7. The van der Waals surface area contributed by atoms with E-state index in [1.54, 1.807) is 0 Å². The van der Waals surface area contributed by atoms with Crippen molar-refractivity contribution in [2.24, 2.45) is 0 Å². The molecule has 0 saturated carbocycles. The average Bonchev–Trinajstić information content (AvgIpc) is 3.07. The van der Waals surface area contributed by atoms with Crippen molar-refractivity contribution in [3.8, 4) is 44.9 Å². The molecule has 0 unspecified atom stereocenters. The Hall–Kier alpha value is -5.66. The predicted octanol–water partition coefficient (Wildman–Crippen LogP) is 12.0. The summed E-state index contributed by atoms with van der Waals surface area (Å²) in [6.07, 6.45) is 0. The average molecular weight is 545 g/mol. The van der Waals surface area contributed by atoms with Crippen molar-refractivity contribution in [1.82, 2.24) is 0 Å². The lowest BCUT2D eigenvalue weighted by atomic mass is 9.86. The van der Waals surface area contributed by atoms with Gasteiger partial charge in [0.25, 0.3) is 0 Å². The van der Waals surface area contributed by atoms with Crippen LogP contribution in [-0.2, 0) is 0 Å². The summed E-state index contributed by atoms with van der Waals surface area (Å²) >= 11 is 0. The molecule has 9 aromatic rings. The van der Waals surface area contributed by atoms with Gasteiger partial charge in [0, 0.05) is 10.9 Å². The Kier molecular flexibility index (Phi) is 4.51. The molecule has 0 bridgehead atoms. The quantitative estimate of drug-likeness (QED) is 0.197. The Bertz CT molecular complexity index is 2560. The zero-order valence-corrected chi connectivity index (χ0v) is 23.3. The van der Waals surface area contributed by atoms with Crippen molar-refractivity contribution in [3.63, 3.8) is 0 Å². The van der Waals surface area contributed by atoms with Gasteiger partial charge in [-0.1, -0.05) is 127 Å². The van der Waals surface area contributed by atoms with Crippen LogP contribution < -0.4 is 4.74 Å². The molecule has 1 aliphatic rings. The van der Waals surface area contributed by atoms with Gasteiger partial charge in [0.15, 0.2) is 0 Å². The highest BCUT2D eigenvalue weighted by Crippen LogP contribution is 2.49. The maximum Gasteiger partial charge on any atom is 0.135 e. The zero-order valence-electron chi connectivity index (χ0n) is 23.3. The summed E-state index contributed by atoms with van der Waals surface area (Å²) in [6, 6.07) is 53.2. The number of ether oxygens (including phenoxy) is 1. The summed E-state index contributed by atoms with van der Waals surface area (Å²) in [5.41, 5.74) is 7.31. The number of benzene rings is 9. The maximum absolute atomic E-state index is 6.43. The number of hydrogen-bond donors (Lipinski definition) is 0. The molecule has 0 aliphatic carbocycles. The van der Waals surface area contributed by atoms with Crippen LogP contribution in [0.5, 0.6) is 11.5 Å².